The number of hydrogen-bond acceptors (Lipinski definition) is 17. The first-order valence-electron chi connectivity index (χ1n) is 52.7. The minimum atomic E-state index is -1.06. The number of benzene rings is 8. The maximum absolute atomic E-state index is 14.7. The first kappa shape index (κ1) is 97.0. The second-order valence-corrected chi connectivity index (χ2v) is 42.8. The van der Waals surface area contributed by atoms with Crippen molar-refractivity contribution in [2.75, 3.05) is 42.7 Å². The molecular weight excluding hydrogens is 1770 g/mol. The second-order valence-electron chi connectivity index (χ2n) is 42.8. The van der Waals surface area contributed by atoms with E-state index in [1.54, 1.807) is 28.1 Å². The van der Waals surface area contributed by atoms with Crippen LogP contribution in [-0.4, -0.2) is 179 Å². The summed E-state index contributed by atoms with van der Waals surface area (Å²) in [4.78, 5) is 108. The van der Waals surface area contributed by atoms with Crippen LogP contribution in [0.15, 0.2) is 156 Å². The van der Waals surface area contributed by atoms with Gasteiger partial charge in [-0.15, -0.1) is 0 Å². The van der Waals surface area contributed by atoms with Crippen molar-refractivity contribution >= 4 is 80.7 Å². The third-order valence-electron chi connectivity index (χ3n) is 34.7. The molecular formula is C118H140N10O13. The lowest BCUT2D eigenvalue weighted by molar-refractivity contribution is -0.154. The van der Waals surface area contributed by atoms with Crippen molar-refractivity contribution in [2.24, 2.45) is 51.4 Å². The molecule has 23 heteroatoms. The summed E-state index contributed by atoms with van der Waals surface area (Å²) >= 11 is 0. The summed E-state index contributed by atoms with van der Waals surface area (Å²) in [7, 11) is 8.45. The van der Waals surface area contributed by atoms with Crippen LogP contribution >= 0.6 is 0 Å². The van der Waals surface area contributed by atoms with Crippen molar-refractivity contribution < 1.29 is 62.3 Å². The third kappa shape index (κ3) is 20.5. The zero-order valence-electron chi connectivity index (χ0n) is 83.6. The number of carbonyl (C=O) groups excluding carboxylic acids is 5. The van der Waals surface area contributed by atoms with Crippen LogP contribution in [0.3, 0.4) is 0 Å². The molecule has 18 aliphatic rings. The predicted octanol–water partition coefficient (Wildman–Crippen LogP) is 21.7. The number of aliphatic imine (C=N–C) groups is 2. The first-order valence-corrected chi connectivity index (χ1v) is 52.7. The third-order valence-corrected chi connectivity index (χ3v) is 34.7. The number of aryl methyl sites for hydroxylation is 8. The maximum atomic E-state index is 14.7. The van der Waals surface area contributed by atoms with Crippen molar-refractivity contribution in [1.29, 1.82) is 0 Å². The van der Waals surface area contributed by atoms with E-state index >= 15 is 0 Å². The molecule has 2 aromatic heterocycles. The smallest absolute Gasteiger partial charge is 0.407 e. The molecule has 8 aromatic carbocycles. The van der Waals surface area contributed by atoms with Crippen molar-refractivity contribution in [3.63, 3.8) is 0 Å². The molecule has 5 saturated carbocycles. The zero-order chi connectivity index (χ0) is 97.4. The van der Waals surface area contributed by atoms with E-state index < -0.39 is 60.2 Å². The van der Waals surface area contributed by atoms with E-state index in [2.05, 4.69) is 176 Å². The maximum Gasteiger partial charge on any atom is 0.407 e. The molecule has 23 nitrogen and oxygen atoms in total. The summed E-state index contributed by atoms with van der Waals surface area (Å²) < 4.78 is 30.5. The molecule has 740 valence electrons. The number of likely N-dealkylation sites (tertiary alicyclic amines) is 2. The van der Waals surface area contributed by atoms with Crippen LogP contribution in [0.2, 0.25) is 0 Å². The van der Waals surface area contributed by atoms with E-state index in [4.69, 9.17) is 48.7 Å². The highest BCUT2D eigenvalue weighted by Gasteiger charge is 2.52. The van der Waals surface area contributed by atoms with Crippen LogP contribution < -0.4 is 10.6 Å². The Kier molecular flexibility index (Phi) is 29.3. The quantitative estimate of drug-likeness (QED) is 0.0311. The second kappa shape index (κ2) is 42.6. The Hall–Kier alpha value is -11.5. The van der Waals surface area contributed by atoms with E-state index in [-0.39, 0.29) is 48.8 Å². The van der Waals surface area contributed by atoms with Gasteiger partial charge >= 0.3 is 24.0 Å². The fourth-order valence-electron chi connectivity index (χ4n) is 26.5. The molecule has 0 spiro atoms. The summed E-state index contributed by atoms with van der Waals surface area (Å²) in [5.41, 5.74) is 32.3. The number of imidazole rings is 2. The fraction of sp³-hybridized carbons (Fsp3) is 0.508. The molecule has 5 N–H and O–H groups in total. The van der Waals surface area contributed by atoms with Gasteiger partial charge in [0.25, 0.3) is 0 Å². The number of carbonyl (C=O) groups is 6. The number of alkyl carbamates (subject to hydrolysis) is 1. The Labute approximate surface area is 829 Å². The molecule has 10 aromatic rings. The van der Waals surface area contributed by atoms with Gasteiger partial charge in [0.2, 0.25) is 11.8 Å². The predicted molar refractivity (Wildman–Crippen MR) is 550 cm³/mol. The summed E-state index contributed by atoms with van der Waals surface area (Å²) in [5.74, 6) is 2.39. The Balaban J connectivity index is 0.000000161. The lowest BCUT2D eigenvalue weighted by Crippen LogP contribution is -2.56. The van der Waals surface area contributed by atoms with Gasteiger partial charge in [-0.05, 0) is 309 Å². The topological polar surface area (TPSA) is 291 Å². The van der Waals surface area contributed by atoms with Crippen molar-refractivity contribution in [2.45, 2.75) is 299 Å². The number of fused-ring (bicyclic) bond motifs is 8. The van der Waals surface area contributed by atoms with Gasteiger partial charge in [-0.3, -0.25) is 34.0 Å². The normalized spacial score (nSPS) is 24.8. The van der Waals surface area contributed by atoms with Gasteiger partial charge in [-0.25, -0.2) is 14.8 Å². The fourth-order valence-corrected chi connectivity index (χ4v) is 26.5. The number of carboxylic acids is 1. The summed E-state index contributed by atoms with van der Waals surface area (Å²) in [6.07, 6.45) is 32.4. The van der Waals surface area contributed by atoms with Crippen molar-refractivity contribution in [3.05, 3.63) is 213 Å². The number of H-pyrrole nitrogens is 2. The van der Waals surface area contributed by atoms with Crippen LogP contribution in [0.25, 0.3) is 66.6 Å². The Morgan fingerprint density at radius 1 is 0.404 bits per heavy atom. The highest BCUT2D eigenvalue weighted by molar-refractivity contribution is 6.02. The lowest BCUT2D eigenvalue weighted by atomic mass is 9.82. The van der Waals surface area contributed by atoms with Crippen LogP contribution in [-0.2, 0) is 117 Å². The highest BCUT2D eigenvalue weighted by Crippen LogP contribution is 2.52. The summed E-state index contributed by atoms with van der Waals surface area (Å²) in [6.45, 7) is 5.27. The molecule has 3 unspecified atom stereocenters. The minimum Gasteiger partial charge on any atom is -0.481 e. The van der Waals surface area contributed by atoms with Crippen LogP contribution in [0.1, 0.15) is 248 Å². The number of esters is 2. The van der Waals surface area contributed by atoms with Gasteiger partial charge in [0, 0.05) is 75.7 Å². The molecule has 5 aliphatic heterocycles. The average molecular weight is 1910 g/mol. The number of aromatic nitrogens is 4. The number of amides is 3. The van der Waals surface area contributed by atoms with E-state index in [1.165, 1.54) is 217 Å². The first-order chi connectivity index (χ1) is 68.6. The molecule has 8 fully saturated rings. The summed E-state index contributed by atoms with van der Waals surface area (Å²) in [6, 6.07) is 56.0. The monoisotopic (exact) mass is 1910 g/mol. The zero-order valence-corrected chi connectivity index (χ0v) is 83.6. The number of carboxylic acid groups (broad SMARTS) is 1. The number of nitrogens with zero attached hydrogens (tertiary/aromatic N) is 6. The number of methoxy groups -OCH3 is 6. The largest absolute Gasteiger partial charge is 0.481 e. The standard InChI is InChI=1S/C62H74N6O8.C48H52N4.C8H14O5/c1-35(73-3)46(34-57(69)75-5)60(70)67-53-13-9-7-11-44(53)32-55(67)52-31-43-24-23-41(29-50(43)63-52)47-27-37-15-19-39(47)20-16-38-18-22-40(21-17-37)48(28-38)42-25-26-49-51(30-42)65-59(64-49)56-33-45-12-8-10-14-54(45)68(56)61(71)58(36(2)74-4)66-62(72)76-6;1-2-6-34-24-39(23-33(34)5-1)48-51-43-20-19-36(26-45(43)52-48)41-22-30-10-14-31-13-9-29(11-15-32(41)16-12-30)21-40(31)35-17-18-38-28-47(50-44(38)25-35)46-27-37-7-3-4-8-42(37)49-46;1-5(12-2)6(8(10)11)4-7(9)13-3/h15,18-19,22-30,35-36,44-46,53-56,58H,7-14,16-17,20-21,31-34H2,1-6H3,(H,64,65)(H,66,72);9,12-13,16-22,25-26,33-34,37,39,42,46,49H,1-8,10-11,14-15,23-24,27-28H2,(H,51,52);5-6H,4H2,1-3H3,(H,10,11)/t35-,36-,44+,45+,46+,53+,54+,55?,56+,58+;33-,34+,37-,39?,42-,46?;5-,6+/m101/s1. The SMILES string of the molecule is COC(=O)C[C@H](C(=O)N1C(C2=Nc3cc(-c4cc5ccc4CCc4ccc(c(-c6ccc7nc([C@@H]8C[C@@H]9CCCC[C@@H]9N8C(=O)[C@@H](NC(=O)OC)[C@@H](C)OC)[nH]c7c6)c4)CC5)ccc3C2)C[C@@H]2CCCC[C@@H]21)[C@@H](C)OC.COC(=O)C[C@H](C(=O)O)[C@@H](C)OC.c1cc2c(-c3ccc4c(c3)N=C(C3C[C@@H]5CCCC[C@@H]5N3)C4)cc1CCc1ccc(cc1-c1ccc3nc(C4C[C@H]5CCCC[C@H]5C4)[nH]c3c1)CC2. The molecule has 3 amide bonds. The molecule has 3 saturated heterocycles. The molecule has 18 atom stereocenters. The molecule has 13 aliphatic carbocycles. The highest BCUT2D eigenvalue weighted by atomic mass is 16.5. The number of rotatable bonds is 22. The van der Waals surface area contributed by atoms with Crippen molar-refractivity contribution in [3.8, 4) is 44.5 Å². The van der Waals surface area contributed by atoms with Gasteiger partial charge in [0.15, 0.2) is 0 Å². The van der Waals surface area contributed by atoms with E-state index in [0.29, 0.717) is 36.3 Å². The molecule has 28 rings (SSSR count). The number of aliphatic carboxylic acids is 1. The molecule has 8 bridgehead atoms. The van der Waals surface area contributed by atoms with E-state index in [1.807, 2.05) is 11.8 Å². The number of nitrogens with one attached hydrogen (secondary N) is 4. The van der Waals surface area contributed by atoms with Gasteiger partial charge in [-0.1, -0.05) is 173 Å². The number of hydrogen-bond donors (Lipinski definition) is 5. The molecule has 0 radical (unpaired) electrons. The van der Waals surface area contributed by atoms with Gasteiger partial charge in [0.05, 0.1) is 110 Å². The van der Waals surface area contributed by atoms with Crippen molar-refractivity contribution in [1.82, 2.24) is 40.4 Å². The summed E-state index contributed by atoms with van der Waals surface area (Å²) in [5, 5.41) is 15.5. The Morgan fingerprint density at radius 3 is 1.30 bits per heavy atom. The van der Waals surface area contributed by atoms with Crippen LogP contribution in [0.5, 0.6) is 0 Å². The molecule has 7 heterocycles. The van der Waals surface area contributed by atoms with Crippen LogP contribution in [0.4, 0.5) is 16.2 Å². The van der Waals surface area contributed by atoms with Gasteiger partial charge < -0.3 is 63.9 Å². The Morgan fingerprint density at radius 2 is 0.816 bits per heavy atom. The number of ether oxygens (including phenoxy) is 6. The van der Waals surface area contributed by atoms with Gasteiger partial charge in [0.1, 0.15) is 17.7 Å². The van der Waals surface area contributed by atoms with Gasteiger partial charge in [-0.2, -0.15) is 0 Å². The van der Waals surface area contributed by atoms with E-state index in [0.717, 1.165) is 178 Å². The minimum absolute atomic E-state index is 0.0113. The molecule has 141 heavy (non-hydrogen) atoms. The lowest BCUT2D eigenvalue weighted by Gasteiger charge is -2.37. The van der Waals surface area contributed by atoms with Crippen LogP contribution in [0, 0.1) is 41.4 Å². The average Bonchev–Trinajstić information content (AvgIpc) is 1.60. The Bertz CT molecular complexity index is 6380. The van der Waals surface area contributed by atoms with E-state index in [9.17, 15) is 28.8 Å². The number of aromatic amines is 2.